The molecule has 1 aliphatic rings. The molecule has 2 rings (SSSR count). The first kappa shape index (κ1) is 16.0. The van der Waals surface area contributed by atoms with E-state index in [0.717, 1.165) is 12.1 Å². The lowest BCUT2D eigenvalue weighted by atomic mass is 9.98. The van der Waals surface area contributed by atoms with Crippen LogP contribution in [0.25, 0.3) is 0 Å². The molecule has 1 aliphatic heterocycles. The van der Waals surface area contributed by atoms with Crippen molar-refractivity contribution >= 4 is 0 Å². The highest BCUT2D eigenvalue weighted by Crippen LogP contribution is 2.29. The van der Waals surface area contributed by atoms with Gasteiger partial charge in [0.15, 0.2) is 6.10 Å². The Morgan fingerprint density at radius 1 is 1.33 bits per heavy atom. The van der Waals surface area contributed by atoms with Crippen molar-refractivity contribution in [2.24, 2.45) is 0 Å². The lowest BCUT2D eigenvalue weighted by molar-refractivity contribution is -0.181. The molecule has 1 fully saturated rings. The van der Waals surface area contributed by atoms with Gasteiger partial charge >= 0.3 is 6.18 Å². The number of halogens is 3. The number of nitrogens with zero attached hydrogens (tertiary/aromatic N) is 1. The molecule has 2 N–H and O–H groups in total. The number of pyridine rings is 1. The molecule has 0 aliphatic carbocycles. The average Bonchev–Trinajstić information content (AvgIpc) is 2.44. The second-order valence-electron chi connectivity index (χ2n) is 4.78. The molecule has 0 saturated carbocycles. The first-order valence-corrected chi connectivity index (χ1v) is 6.51. The fourth-order valence-corrected chi connectivity index (χ4v) is 2.11. The monoisotopic (exact) mass is 307 g/mol. The molecular formula is C13H16F3NO4. The molecule has 1 unspecified atom stereocenters. The van der Waals surface area contributed by atoms with Crippen LogP contribution in [-0.2, 0) is 10.9 Å². The van der Waals surface area contributed by atoms with Crippen LogP contribution < -0.4 is 4.74 Å². The van der Waals surface area contributed by atoms with Crippen LogP contribution in [-0.4, -0.2) is 46.2 Å². The summed E-state index contributed by atoms with van der Waals surface area (Å²) in [5.41, 5.74) is -1.08. The van der Waals surface area contributed by atoms with Gasteiger partial charge in [-0.1, -0.05) is 13.0 Å². The van der Waals surface area contributed by atoms with Crippen molar-refractivity contribution < 1.29 is 32.9 Å². The van der Waals surface area contributed by atoms with Gasteiger partial charge in [0.2, 0.25) is 5.88 Å². The van der Waals surface area contributed by atoms with E-state index in [1.165, 1.54) is 6.07 Å². The Balaban J connectivity index is 2.08. The molecule has 0 bridgehead atoms. The molecule has 1 saturated heterocycles. The fourth-order valence-electron chi connectivity index (χ4n) is 2.11. The maximum absolute atomic E-state index is 12.6. The highest BCUT2D eigenvalue weighted by atomic mass is 19.4. The normalized spacial score (nSPS) is 30.2. The molecule has 2 heterocycles. The standard InChI is InChI=1S/C13H16F3NO4/c1-2-7-11(18)12(19)8(6-20-7)21-10-5-3-4-9(17-10)13(14,15)16/h3-5,7-8,11-12,18-19H,2,6H2,1H3/t7-,8?,11+,12-/m1/s1. The predicted octanol–water partition coefficient (Wildman–Crippen LogP) is 1.38. The summed E-state index contributed by atoms with van der Waals surface area (Å²) in [5.74, 6) is -0.278. The number of alkyl halides is 3. The number of hydrogen-bond donors (Lipinski definition) is 2. The van der Waals surface area contributed by atoms with Gasteiger partial charge in [-0.3, -0.25) is 0 Å². The van der Waals surface area contributed by atoms with Crippen LogP contribution in [0.1, 0.15) is 19.0 Å². The number of ether oxygens (including phenoxy) is 2. The van der Waals surface area contributed by atoms with Gasteiger partial charge in [-0.05, 0) is 12.5 Å². The van der Waals surface area contributed by atoms with Gasteiger partial charge in [-0.25, -0.2) is 4.98 Å². The Morgan fingerprint density at radius 3 is 2.67 bits per heavy atom. The third-order valence-corrected chi connectivity index (χ3v) is 3.27. The second-order valence-corrected chi connectivity index (χ2v) is 4.78. The van der Waals surface area contributed by atoms with Gasteiger partial charge in [0, 0.05) is 6.07 Å². The topological polar surface area (TPSA) is 71.8 Å². The van der Waals surface area contributed by atoms with Crippen LogP contribution >= 0.6 is 0 Å². The Morgan fingerprint density at radius 2 is 2.05 bits per heavy atom. The Hall–Kier alpha value is -1.38. The Kier molecular flexibility index (Phi) is 4.70. The van der Waals surface area contributed by atoms with E-state index >= 15 is 0 Å². The van der Waals surface area contributed by atoms with E-state index in [4.69, 9.17) is 9.47 Å². The highest BCUT2D eigenvalue weighted by molar-refractivity contribution is 5.18. The van der Waals surface area contributed by atoms with Gasteiger partial charge < -0.3 is 19.7 Å². The summed E-state index contributed by atoms with van der Waals surface area (Å²) >= 11 is 0. The fraction of sp³-hybridized carbons (Fsp3) is 0.615. The van der Waals surface area contributed by atoms with Crippen molar-refractivity contribution in [1.29, 1.82) is 0 Å². The molecule has 118 valence electrons. The van der Waals surface area contributed by atoms with Crippen LogP contribution in [0.3, 0.4) is 0 Å². The molecule has 0 radical (unpaired) electrons. The number of aromatic nitrogens is 1. The van der Waals surface area contributed by atoms with Crippen molar-refractivity contribution in [2.45, 2.75) is 43.9 Å². The summed E-state index contributed by atoms with van der Waals surface area (Å²) in [7, 11) is 0. The van der Waals surface area contributed by atoms with E-state index in [-0.39, 0.29) is 12.5 Å². The maximum atomic E-state index is 12.6. The van der Waals surface area contributed by atoms with Crippen LogP contribution in [0.15, 0.2) is 18.2 Å². The van der Waals surface area contributed by atoms with E-state index in [0.29, 0.717) is 6.42 Å². The quantitative estimate of drug-likeness (QED) is 0.883. The van der Waals surface area contributed by atoms with Crippen molar-refractivity contribution in [3.63, 3.8) is 0 Å². The van der Waals surface area contributed by atoms with Crippen LogP contribution in [0, 0.1) is 0 Å². The maximum Gasteiger partial charge on any atom is 0.433 e. The SMILES string of the molecule is CC[C@H]1OCC(Oc2cccc(C(F)(F)F)n2)[C@@H](O)[C@H]1O. The van der Waals surface area contributed by atoms with Gasteiger partial charge in [0.05, 0.1) is 12.7 Å². The van der Waals surface area contributed by atoms with Gasteiger partial charge in [0.25, 0.3) is 0 Å². The highest BCUT2D eigenvalue weighted by Gasteiger charge is 2.39. The number of rotatable bonds is 3. The lowest BCUT2D eigenvalue weighted by Gasteiger charge is -2.36. The Bertz CT molecular complexity index is 483. The van der Waals surface area contributed by atoms with Crippen molar-refractivity contribution in [3.05, 3.63) is 23.9 Å². The van der Waals surface area contributed by atoms with Crippen molar-refractivity contribution in [3.8, 4) is 5.88 Å². The van der Waals surface area contributed by atoms with E-state index in [1.807, 2.05) is 0 Å². The summed E-state index contributed by atoms with van der Waals surface area (Å²) in [6, 6.07) is 3.23. The molecule has 4 atom stereocenters. The number of aliphatic hydroxyl groups excluding tert-OH is 2. The first-order chi connectivity index (χ1) is 9.82. The number of hydrogen-bond acceptors (Lipinski definition) is 5. The summed E-state index contributed by atoms with van der Waals surface area (Å²) in [6.45, 7) is 1.75. The third-order valence-electron chi connectivity index (χ3n) is 3.27. The van der Waals surface area contributed by atoms with Crippen LogP contribution in [0.2, 0.25) is 0 Å². The molecule has 8 heteroatoms. The molecule has 1 aromatic heterocycles. The molecule has 0 spiro atoms. The molecule has 0 amide bonds. The second kappa shape index (κ2) is 6.17. The summed E-state index contributed by atoms with van der Waals surface area (Å²) in [4.78, 5) is 3.34. The van der Waals surface area contributed by atoms with E-state index < -0.39 is 36.3 Å². The first-order valence-electron chi connectivity index (χ1n) is 6.51. The van der Waals surface area contributed by atoms with E-state index in [2.05, 4.69) is 4.98 Å². The van der Waals surface area contributed by atoms with Gasteiger partial charge in [-0.2, -0.15) is 13.2 Å². The van der Waals surface area contributed by atoms with E-state index in [9.17, 15) is 23.4 Å². The zero-order valence-corrected chi connectivity index (χ0v) is 11.2. The van der Waals surface area contributed by atoms with Crippen molar-refractivity contribution in [2.75, 3.05) is 6.61 Å². The molecule has 1 aromatic rings. The minimum atomic E-state index is -4.58. The summed E-state index contributed by atoms with van der Waals surface area (Å²) in [5, 5.41) is 19.7. The molecular weight excluding hydrogens is 291 g/mol. The number of aliphatic hydroxyl groups is 2. The molecule has 0 aromatic carbocycles. The minimum Gasteiger partial charge on any atom is -0.469 e. The van der Waals surface area contributed by atoms with E-state index in [1.54, 1.807) is 6.92 Å². The van der Waals surface area contributed by atoms with Gasteiger partial charge in [-0.15, -0.1) is 0 Å². The van der Waals surface area contributed by atoms with Gasteiger partial charge in [0.1, 0.15) is 17.9 Å². The lowest BCUT2D eigenvalue weighted by Crippen LogP contribution is -2.54. The smallest absolute Gasteiger partial charge is 0.433 e. The Labute approximate surface area is 119 Å². The minimum absolute atomic E-state index is 0.0331. The zero-order valence-electron chi connectivity index (χ0n) is 11.2. The molecule has 21 heavy (non-hydrogen) atoms. The molecule has 5 nitrogen and oxygen atoms in total. The predicted molar refractivity (Wildman–Crippen MR) is 65.7 cm³/mol. The average molecular weight is 307 g/mol. The summed E-state index contributed by atoms with van der Waals surface area (Å²) in [6.07, 6.45) is -7.96. The van der Waals surface area contributed by atoms with Crippen LogP contribution in [0.5, 0.6) is 5.88 Å². The third kappa shape index (κ3) is 3.63. The van der Waals surface area contributed by atoms with Crippen molar-refractivity contribution in [1.82, 2.24) is 4.98 Å². The van der Waals surface area contributed by atoms with Crippen LogP contribution in [0.4, 0.5) is 13.2 Å². The largest absolute Gasteiger partial charge is 0.469 e. The summed E-state index contributed by atoms with van der Waals surface area (Å²) < 4.78 is 48.2. The zero-order chi connectivity index (χ0) is 15.6.